The van der Waals surface area contributed by atoms with E-state index in [1.165, 1.54) is 11.1 Å². The number of rotatable bonds is 4. The van der Waals surface area contributed by atoms with Crippen molar-refractivity contribution in [3.8, 4) is 0 Å². The molecule has 0 atom stereocenters. The van der Waals surface area contributed by atoms with Crippen molar-refractivity contribution in [2.24, 2.45) is 5.73 Å². The Balaban J connectivity index is 2.00. The summed E-state index contributed by atoms with van der Waals surface area (Å²) in [5.74, 6) is 0. The first-order chi connectivity index (χ1) is 7.94. The minimum absolute atomic E-state index is 0.0683. The van der Waals surface area contributed by atoms with E-state index in [-0.39, 0.29) is 11.1 Å². The molecule has 1 aliphatic carbocycles. The minimum Gasteiger partial charge on any atom is -0.379 e. The summed E-state index contributed by atoms with van der Waals surface area (Å²) in [6.07, 6.45) is 4.03. The van der Waals surface area contributed by atoms with Crippen LogP contribution in [-0.4, -0.2) is 18.2 Å². The Bertz CT molecular complexity index is 373. The summed E-state index contributed by atoms with van der Waals surface area (Å²) in [6.45, 7) is 4.25. The molecule has 94 valence electrons. The Morgan fingerprint density at radius 3 is 2.24 bits per heavy atom. The maximum absolute atomic E-state index is 6.52. The molecule has 0 aliphatic heterocycles. The van der Waals surface area contributed by atoms with Gasteiger partial charge >= 0.3 is 0 Å². The van der Waals surface area contributed by atoms with Crippen molar-refractivity contribution < 1.29 is 4.74 Å². The monoisotopic (exact) mass is 233 g/mol. The van der Waals surface area contributed by atoms with E-state index in [1.54, 1.807) is 7.11 Å². The molecule has 0 radical (unpaired) electrons. The molecular formula is C15H23NO. The van der Waals surface area contributed by atoms with Gasteiger partial charge in [0.2, 0.25) is 0 Å². The van der Waals surface area contributed by atoms with Crippen molar-refractivity contribution in [2.45, 2.75) is 50.7 Å². The van der Waals surface area contributed by atoms with Crippen LogP contribution in [-0.2, 0) is 17.6 Å². The average Bonchev–Trinajstić information content (AvgIpc) is 2.64. The summed E-state index contributed by atoms with van der Waals surface area (Å²) in [6, 6.07) is 8.60. The van der Waals surface area contributed by atoms with Crippen molar-refractivity contribution >= 4 is 0 Å². The fourth-order valence-corrected chi connectivity index (χ4v) is 2.55. The van der Waals surface area contributed by atoms with Gasteiger partial charge in [-0.05, 0) is 50.7 Å². The lowest BCUT2D eigenvalue weighted by molar-refractivity contribution is 0.00917. The topological polar surface area (TPSA) is 35.2 Å². The normalized spacial score (nSPS) is 18.1. The van der Waals surface area contributed by atoms with Gasteiger partial charge < -0.3 is 10.5 Å². The van der Waals surface area contributed by atoms with Crippen LogP contribution in [0.4, 0.5) is 0 Å². The summed E-state index contributed by atoms with van der Waals surface area (Å²) < 4.78 is 5.46. The van der Waals surface area contributed by atoms with E-state index in [9.17, 15) is 0 Å². The van der Waals surface area contributed by atoms with Crippen LogP contribution in [0.5, 0.6) is 0 Å². The van der Waals surface area contributed by atoms with Crippen molar-refractivity contribution in [1.82, 2.24) is 0 Å². The second-order valence-electron chi connectivity index (χ2n) is 5.95. The molecule has 0 saturated carbocycles. The lowest BCUT2D eigenvalue weighted by Crippen LogP contribution is -2.42. The van der Waals surface area contributed by atoms with E-state index in [1.807, 2.05) is 0 Å². The van der Waals surface area contributed by atoms with E-state index in [4.69, 9.17) is 10.5 Å². The molecule has 2 rings (SSSR count). The number of benzene rings is 1. The third-order valence-electron chi connectivity index (χ3n) is 3.98. The molecule has 0 bridgehead atoms. The van der Waals surface area contributed by atoms with Gasteiger partial charge in [0.05, 0.1) is 5.60 Å². The first-order valence-electron chi connectivity index (χ1n) is 6.35. The fraction of sp³-hybridized carbons (Fsp3) is 0.600. The molecule has 2 N–H and O–H groups in total. The molecule has 2 nitrogen and oxygen atoms in total. The predicted molar refractivity (Wildman–Crippen MR) is 71.1 cm³/mol. The molecule has 0 aromatic heterocycles. The van der Waals surface area contributed by atoms with Gasteiger partial charge in [-0.15, -0.1) is 0 Å². The lowest BCUT2D eigenvalue weighted by Gasteiger charge is -2.30. The van der Waals surface area contributed by atoms with Gasteiger partial charge in [-0.1, -0.05) is 24.3 Å². The number of nitrogens with two attached hydrogens (primary N) is 1. The molecule has 1 aromatic rings. The molecule has 0 unspecified atom stereocenters. The van der Waals surface area contributed by atoms with Gasteiger partial charge in [-0.3, -0.25) is 0 Å². The summed E-state index contributed by atoms with van der Waals surface area (Å²) in [5.41, 5.74) is 9.22. The second-order valence-corrected chi connectivity index (χ2v) is 5.95. The van der Waals surface area contributed by atoms with E-state index in [0.717, 1.165) is 25.7 Å². The van der Waals surface area contributed by atoms with Gasteiger partial charge in [-0.2, -0.15) is 0 Å². The van der Waals surface area contributed by atoms with Crippen molar-refractivity contribution in [1.29, 1.82) is 0 Å². The molecule has 17 heavy (non-hydrogen) atoms. The summed E-state index contributed by atoms with van der Waals surface area (Å²) in [7, 11) is 1.77. The Hall–Kier alpha value is -0.860. The molecular weight excluding hydrogens is 210 g/mol. The van der Waals surface area contributed by atoms with Crippen LogP contribution >= 0.6 is 0 Å². The molecule has 1 aliphatic rings. The molecule has 0 heterocycles. The summed E-state index contributed by atoms with van der Waals surface area (Å²) in [5, 5.41) is 0. The minimum atomic E-state index is -0.0700. The zero-order valence-electron chi connectivity index (χ0n) is 11.1. The zero-order chi connectivity index (χ0) is 12.5. The zero-order valence-corrected chi connectivity index (χ0v) is 11.1. The van der Waals surface area contributed by atoms with Crippen LogP contribution in [0.15, 0.2) is 24.3 Å². The van der Waals surface area contributed by atoms with E-state index in [0.29, 0.717) is 0 Å². The van der Waals surface area contributed by atoms with Crippen LogP contribution in [0.2, 0.25) is 0 Å². The second kappa shape index (κ2) is 4.43. The van der Waals surface area contributed by atoms with E-state index >= 15 is 0 Å². The highest BCUT2D eigenvalue weighted by atomic mass is 16.5. The van der Waals surface area contributed by atoms with E-state index in [2.05, 4.69) is 38.1 Å². The standard InChI is InChI=1S/C15H23NO/c1-14(2,17-3)8-9-15(16)10-12-6-4-5-7-13(12)11-15/h4-7H,8-11,16H2,1-3H3. The van der Waals surface area contributed by atoms with Crippen LogP contribution < -0.4 is 5.73 Å². The average molecular weight is 233 g/mol. The predicted octanol–water partition coefficient (Wildman–Crippen LogP) is 2.69. The highest BCUT2D eigenvalue weighted by molar-refractivity contribution is 5.35. The summed E-state index contributed by atoms with van der Waals surface area (Å²) >= 11 is 0. The fourth-order valence-electron chi connectivity index (χ4n) is 2.55. The molecule has 0 amide bonds. The van der Waals surface area contributed by atoms with Gasteiger partial charge in [-0.25, -0.2) is 0 Å². The first kappa shape index (κ1) is 12.6. The molecule has 0 saturated heterocycles. The van der Waals surface area contributed by atoms with Gasteiger partial charge in [0, 0.05) is 12.6 Å². The number of hydrogen-bond donors (Lipinski definition) is 1. The third kappa shape index (κ3) is 2.88. The molecule has 0 spiro atoms. The Kier molecular flexibility index (Phi) is 3.28. The SMILES string of the molecule is COC(C)(C)CCC1(N)Cc2ccccc2C1. The summed E-state index contributed by atoms with van der Waals surface area (Å²) in [4.78, 5) is 0. The van der Waals surface area contributed by atoms with Crippen molar-refractivity contribution in [3.63, 3.8) is 0 Å². The van der Waals surface area contributed by atoms with Crippen LogP contribution in [0, 0.1) is 0 Å². The van der Waals surface area contributed by atoms with Crippen LogP contribution in [0.25, 0.3) is 0 Å². The smallest absolute Gasteiger partial charge is 0.0623 e. The Labute approximate surface area is 104 Å². The van der Waals surface area contributed by atoms with Crippen molar-refractivity contribution in [3.05, 3.63) is 35.4 Å². The molecule has 1 aromatic carbocycles. The van der Waals surface area contributed by atoms with Crippen molar-refractivity contribution in [2.75, 3.05) is 7.11 Å². The molecule has 2 heteroatoms. The largest absolute Gasteiger partial charge is 0.379 e. The maximum atomic E-state index is 6.52. The third-order valence-corrected chi connectivity index (χ3v) is 3.98. The first-order valence-corrected chi connectivity index (χ1v) is 6.35. The number of methoxy groups -OCH3 is 1. The quantitative estimate of drug-likeness (QED) is 0.867. The molecule has 0 fully saturated rings. The van der Waals surface area contributed by atoms with Gasteiger partial charge in [0.25, 0.3) is 0 Å². The number of hydrogen-bond acceptors (Lipinski definition) is 2. The van der Waals surface area contributed by atoms with Gasteiger partial charge in [0.15, 0.2) is 0 Å². The highest BCUT2D eigenvalue weighted by Crippen LogP contribution is 2.33. The Morgan fingerprint density at radius 2 is 1.76 bits per heavy atom. The lowest BCUT2D eigenvalue weighted by atomic mass is 9.87. The van der Waals surface area contributed by atoms with Gasteiger partial charge in [0.1, 0.15) is 0 Å². The maximum Gasteiger partial charge on any atom is 0.0623 e. The highest BCUT2D eigenvalue weighted by Gasteiger charge is 2.34. The Morgan fingerprint density at radius 1 is 1.24 bits per heavy atom. The van der Waals surface area contributed by atoms with Crippen LogP contribution in [0.3, 0.4) is 0 Å². The van der Waals surface area contributed by atoms with E-state index < -0.39 is 0 Å². The number of ether oxygens (including phenoxy) is 1. The van der Waals surface area contributed by atoms with Crippen LogP contribution in [0.1, 0.15) is 37.8 Å². The number of fused-ring (bicyclic) bond motifs is 1.